The van der Waals surface area contributed by atoms with E-state index in [1.165, 1.54) is 18.2 Å². The second-order valence-corrected chi connectivity index (χ2v) is 12.4. The summed E-state index contributed by atoms with van der Waals surface area (Å²) in [6, 6.07) is 6.33. The Hall–Kier alpha value is -2.88. The Labute approximate surface area is 246 Å². The van der Waals surface area contributed by atoms with Gasteiger partial charge in [-0.1, -0.05) is 12.6 Å². The fourth-order valence-electron chi connectivity index (χ4n) is 7.66. The molecular formula is C31H41FN6O4. The molecule has 4 aliphatic heterocycles. The highest BCUT2D eigenvalue weighted by Gasteiger charge is 2.56. The van der Waals surface area contributed by atoms with Crippen LogP contribution in [0.4, 0.5) is 4.39 Å². The van der Waals surface area contributed by atoms with E-state index in [0.29, 0.717) is 57.3 Å². The maximum absolute atomic E-state index is 14.4. The van der Waals surface area contributed by atoms with Crippen molar-refractivity contribution in [1.82, 2.24) is 25.3 Å². The number of likely N-dealkylation sites (tertiary alicyclic amines) is 1. The van der Waals surface area contributed by atoms with E-state index in [-0.39, 0.29) is 42.1 Å². The van der Waals surface area contributed by atoms with Gasteiger partial charge in [0, 0.05) is 37.7 Å². The summed E-state index contributed by atoms with van der Waals surface area (Å²) in [5.74, 6) is -0.176. The summed E-state index contributed by atoms with van der Waals surface area (Å²) < 4.78 is 26.9. The van der Waals surface area contributed by atoms with Crippen LogP contribution in [-0.4, -0.2) is 102 Å². The van der Waals surface area contributed by atoms with Gasteiger partial charge in [-0.2, -0.15) is 5.26 Å². The van der Waals surface area contributed by atoms with Crippen LogP contribution in [0.2, 0.25) is 0 Å². The highest BCUT2D eigenvalue weighted by molar-refractivity contribution is 5.94. The van der Waals surface area contributed by atoms with Crippen LogP contribution in [0, 0.1) is 23.1 Å². The lowest BCUT2D eigenvalue weighted by atomic mass is 9.69. The Morgan fingerprint density at radius 1 is 1.26 bits per heavy atom. The number of hydrogen-bond acceptors (Lipinski definition) is 9. The number of rotatable bonds is 6. The average Bonchev–Trinajstić information content (AvgIpc) is 3.41. The summed E-state index contributed by atoms with van der Waals surface area (Å²) >= 11 is 0. The smallest absolute Gasteiger partial charge is 0.246 e. The van der Waals surface area contributed by atoms with Gasteiger partial charge in [0.25, 0.3) is 0 Å². The van der Waals surface area contributed by atoms with Crippen LogP contribution in [0.15, 0.2) is 30.9 Å². The zero-order valence-corrected chi connectivity index (χ0v) is 24.3. The molecule has 1 spiro atoms. The van der Waals surface area contributed by atoms with Crippen molar-refractivity contribution in [3.05, 3.63) is 42.2 Å². The third kappa shape index (κ3) is 5.47. The van der Waals surface area contributed by atoms with Crippen molar-refractivity contribution in [2.75, 3.05) is 39.8 Å². The predicted molar refractivity (Wildman–Crippen MR) is 153 cm³/mol. The van der Waals surface area contributed by atoms with Crippen LogP contribution in [0.1, 0.15) is 44.1 Å². The van der Waals surface area contributed by atoms with Crippen molar-refractivity contribution in [2.45, 2.75) is 81.2 Å². The van der Waals surface area contributed by atoms with Gasteiger partial charge < -0.3 is 19.3 Å². The molecule has 10 nitrogen and oxygen atoms in total. The number of ether oxygens (including phenoxy) is 2. The van der Waals surface area contributed by atoms with Gasteiger partial charge in [-0.05, 0) is 69.8 Å². The van der Waals surface area contributed by atoms with E-state index in [1.807, 2.05) is 0 Å². The summed E-state index contributed by atoms with van der Waals surface area (Å²) in [6.07, 6.45) is 5.44. The number of hydrogen-bond donors (Lipinski definition) is 2. The fourth-order valence-corrected chi connectivity index (χ4v) is 7.66. The lowest BCUT2D eigenvalue weighted by molar-refractivity contribution is -0.160. The first-order chi connectivity index (χ1) is 20.3. The van der Waals surface area contributed by atoms with Crippen LogP contribution in [-0.2, 0) is 20.7 Å². The highest BCUT2D eigenvalue weighted by Crippen LogP contribution is 2.44. The molecule has 3 saturated heterocycles. The molecule has 6 rings (SSSR count). The molecule has 11 heteroatoms. The lowest BCUT2D eigenvalue weighted by Crippen LogP contribution is -2.76. The van der Waals surface area contributed by atoms with E-state index < -0.39 is 18.0 Å². The summed E-state index contributed by atoms with van der Waals surface area (Å²) in [7, 11) is 2.11. The van der Waals surface area contributed by atoms with Crippen LogP contribution >= 0.6 is 0 Å². The number of Topliss-reactive ketones (excluding diaryl/α,β-unsaturated/α-hetero) is 1. The van der Waals surface area contributed by atoms with Crippen molar-refractivity contribution in [1.29, 1.82) is 5.26 Å². The molecule has 0 bridgehead atoms. The van der Waals surface area contributed by atoms with Crippen molar-refractivity contribution < 1.29 is 23.5 Å². The standard InChI is InChI=1S/C31H41FN6O4/c1-3-26(39)38-16-15-37(18-22(38)10-13-33)29-24-9-12-31(11-8-20-6-7-21(32)17-25(20)42-31)28(40)27(24)34-30(35-29)41-19-23-5-4-14-36(23)2/h3,6-7,17,22-24,27,29-30,34-35H,1,4-5,8-12,14-16,18-19H2,2H3/t22?,23?,24?,27?,29?,30?,31-/m1/s1. The monoisotopic (exact) mass is 580 g/mol. The number of nitriles is 1. The number of benzene rings is 1. The van der Waals surface area contributed by atoms with Gasteiger partial charge in [0.15, 0.2) is 17.7 Å². The third-order valence-corrected chi connectivity index (χ3v) is 10.1. The third-order valence-electron chi connectivity index (χ3n) is 10.1. The van der Waals surface area contributed by atoms with Crippen molar-refractivity contribution in [2.24, 2.45) is 5.92 Å². The number of fused-ring (bicyclic) bond motifs is 2. The zero-order chi connectivity index (χ0) is 29.4. The Bertz CT molecular complexity index is 1260. The van der Waals surface area contributed by atoms with Gasteiger partial charge in [0.2, 0.25) is 5.91 Å². The molecule has 7 atom stereocenters. The van der Waals surface area contributed by atoms with E-state index in [0.717, 1.165) is 31.4 Å². The second kappa shape index (κ2) is 12.0. The van der Waals surface area contributed by atoms with E-state index in [4.69, 9.17) is 9.47 Å². The molecule has 1 aromatic carbocycles. The van der Waals surface area contributed by atoms with Gasteiger partial charge in [0.1, 0.15) is 11.6 Å². The van der Waals surface area contributed by atoms with E-state index in [9.17, 15) is 19.2 Å². The van der Waals surface area contributed by atoms with Gasteiger partial charge in [-0.15, -0.1) is 0 Å². The van der Waals surface area contributed by atoms with Crippen LogP contribution in [0.3, 0.4) is 0 Å². The number of nitrogens with one attached hydrogen (secondary N) is 2. The van der Waals surface area contributed by atoms with Crippen molar-refractivity contribution in [3.63, 3.8) is 0 Å². The number of amides is 1. The lowest BCUT2D eigenvalue weighted by Gasteiger charge is -2.54. The van der Waals surface area contributed by atoms with Crippen molar-refractivity contribution >= 4 is 11.7 Å². The summed E-state index contributed by atoms with van der Waals surface area (Å²) in [5, 5.41) is 16.6. The minimum atomic E-state index is -1.01. The zero-order valence-electron chi connectivity index (χ0n) is 24.3. The van der Waals surface area contributed by atoms with Gasteiger partial charge in [-0.3, -0.25) is 25.1 Å². The molecule has 1 amide bonds. The minimum Gasteiger partial charge on any atom is -0.479 e. The number of aryl methyl sites for hydroxylation is 1. The quantitative estimate of drug-likeness (QED) is 0.487. The molecule has 4 fully saturated rings. The van der Waals surface area contributed by atoms with Gasteiger partial charge in [-0.25, -0.2) is 4.39 Å². The number of piperazine rings is 1. The molecule has 6 unspecified atom stereocenters. The first-order valence-corrected chi connectivity index (χ1v) is 15.2. The molecule has 226 valence electrons. The Kier molecular flexibility index (Phi) is 8.35. The number of ketones is 1. The molecule has 2 N–H and O–H groups in total. The Morgan fingerprint density at radius 2 is 2.12 bits per heavy atom. The maximum atomic E-state index is 14.4. The fraction of sp³-hybridized carbons (Fsp3) is 0.645. The largest absolute Gasteiger partial charge is 0.479 e. The van der Waals surface area contributed by atoms with E-state index in [2.05, 4.69) is 40.1 Å². The molecule has 5 aliphatic rings. The number of halogens is 1. The molecule has 0 aromatic heterocycles. The highest BCUT2D eigenvalue weighted by atomic mass is 19.1. The number of carbonyl (C=O) groups excluding carboxylic acids is 2. The molecule has 1 aliphatic carbocycles. The number of nitrogens with zero attached hydrogens (tertiary/aromatic N) is 4. The first-order valence-electron chi connectivity index (χ1n) is 15.2. The summed E-state index contributed by atoms with van der Waals surface area (Å²) in [5.41, 5.74) is -0.0867. The van der Waals surface area contributed by atoms with Gasteiger partial charge >= 0.3 is 0 Å². The summed E-state index contributed by atoms with van der Waals surface area (Å²) in [4.78, 5) is 33.2. The SMILES string of the molecule is C=CC(=O)N1CCN(C2NC(OCC3CCCN3C)NC3C(=O)[C@@]4(CCc5ccc(F)cc5O4)CCC32)CC1CC#N. The predicted octanol–water partition coefficient (Wildman–Crippen LogP) is 1.76. The normalized spacial score (nSPS) is 35.3. The van der Waals surface area contributed by atoms with Crippen LogP contribution in [0.25, 0.3) is 0 Å². The average molecular weight is 581 g/mol. The molecule has 1 saturated carbocycles. The maximum Gasteiger partial charge on any atom is 0.246 e. The van der Waals surface area contributed by atoms with Gasteiger partial charge in [0.05, 0.1) is 37.3 Å². The van der Waals surface area contributed by atoms with E-state index in [1.54, 1.807) is 11.0 Å². The molecule has 0 radical (unpaired) electrons. The van der Waals surface area contributed by atoms with E-state index >= 15 is 0 Å². The Morgan fingerprint density at radius 3 is 2.88 bits per heavy atom. The number of carbonyl (C=O) groups is 2. The molecular weight excluding hydrogens is 539 g/mol. The van der Waals surface area contributed by atoms with Crippen LogP contribution < -0.4 is 15.4 Å². The second-order valence-electron chi connectivity index (χ2n) is 12.4. The number of likely N-dealkylation sites (N-methyl/N-ethyl adjacent to an activating group) is 1. The molecule has 1 aromatic rings. The molecule has 42 heavy (non-hydrogen) atoms. The topological polar surface area (TPSA) is 110 Å². The van der Waals surface area contributed by atoms with Crippen LogP contribution in [0.5, 0.6) is 5.75 Å². The Balaban J connectivity index is 1.24. The van der Waals surface area contributed by atoms with Crippen molar-refractivity contribution in [3.8, 4) is 11.8 Å². The first kappa shape index (κ1) is 29.2. The minimum absolute atomic E-state index is 0.0132. The molecule has 4 heterocycles. The summed E-state index contributed by atoms with van der Waals surface area (Å²) in [6.45, 7) is 6.79.